The van der Waals surface area contributed by atoms with Crippen LogP contribution in [0.1, 0.15) is 17.7 Å². The van der Waals surface area contributed by atoms with Crippen molar-refractivity contribution in [3.8, 4) is 0 Å². The van der Waals surface area contributed by atoms with Crippen molar-refractivity contribution in [2.75, 3.05) is 10.6 Å². The number of hydrogen-bond donors (Lipinski definition) is 1. The first-order valence-corrected chi connectivity index (χ1v) is 7.75. The molecule has 2 N–H and O–H groups in total. The molecule has 1 aromatic carbocycles. The van der Waals surface area contributed by atoms with E-state index >= 15 is 0 Å². The van der Waals surface area contributed by atoms with Gasteiger partial charge in [0.15, 0.2) is 0 Å². The molecule has 1 saturated carbocycles. The Morgan fingerprint density at radius 2 is 2.17 bits per heavy atom. The Bertz CT molecular complexity index is 535. The van der Waals surface area contributed by atoms with Crippen molar-refractivity contribution in [3.63, 3.8) is 0 Å². The normalized spacial score (nSPS) is 14.7. The van der Waals surface area contributed by atoms with Crippen LogP contribution < -0.4 is 10.6 Å². The average molecular weight is 323 g/mol. The van der Waals surface area contributed by atoms with Crippen molar-refractivity contribution in [1.29, 1.82) is 0 Å². The molecule has 0 aliphatic heterocycles. The van der Waals surface area contributed by atoms with Gasteiger partial charge in [0.25, 0.3) is 0 Å². The molecule has 1 aliphatic rings. The second-order valence-electron chi connectivity index (χ2n) is 4.65. The summed E-state index contributed by atoms with van der Waals surface area (Å²) in [6, 6.07) is 11.1. The van der Waals surface area contributed by atoms with Crippen molar-refractivity contribution in [3.05, 3.63) is 45.1 Å². The lowest BCUT2D eigenvalue weighted by Gasteiger charge is -2.25. The molecule has 0 saturated heterocycles. The summed E-state index contributed by atoms with van der Waals surface area (Å²) in [5.41, 5.74) is 7.86. The highest BCUT2D eigenvalue weighted by molar-refractivity contribution is 9.10. The molecular formula is C14H15BrN2S. The lowest BCUT2D eigenvalue weighted by Crippen LogP contribution is -2.24. The van der Waals surface area contributed by atoms with Gasteiger partial charge in [-0.25, -0.2) is 0 Å². The fourth-order valence-electron chi connectivity index (χ4n) is 2.12. The molecule has 1 heterocycles. The molecular weight excluding hydrogens is 308 g/mol. The molecule has 1 aliphatic carbocycles. The molecule has 1 fully saturated rings. The molecule has 0 amide bonds. The van der Waals surface area contributed by atoms with E-state index < -0.39 is 0 Å². The zero-order valence-corrected chi connectivity index (χ0v) is 12.4. The van der Waals surface area contributed by atoms with Gasteiger partial charge in [0.2, 0.25) is 0 Å². The highest BCUT2D eigenvalue weighted by Gasteiger charge is 2.30. The van der Waals surface area contributed by atoms with Crippen LogP contribution in [0.25, 0.3) is 0 Å². The number of thiophene rings is 1. The molecule has 4 heteroatoms. The molecule has 0 spiro atoms. The number of hydrogen-bond acceptors (Lipinski definition) is 3. The maximum Gasteiger partial charge on any atom is 0.0526 e. The number of nitrogens with zero attached hydrogens (tertiary/aromatic N) is 1. The first-order valence-electron chi connectivity index (χ1n) is 6.08. The van der Waals surface area contributed by atoms with Gasteiger partial charge in [-0.3, -0.25) is 0 Å². The molecule has 94 valence electrons. The van der Waals surface area contributed by atoms with Gasteiger partial charge in [-0.1, -0.05) is 6.07 Å². The fourth-order valence-corrected chi connectivity index (χ4v) is 3.45. The van der Waals surface area contributed by atoms with E-state index in [2.05, 4.69) is 44.4 Å². The molecule has 0 unspecified atom stereocenters. The Labute approximate surface area is 120 Å². The molecule has 2 aromatic rings. The number of benzene rings is 1. The van der Waals surface area contributed by atoms with Gasteiger partial charge in [0.1, 0.15) is 0 Å². The van der Waals surface area contributed by atoms with E-state index in [4.69, 9.17) is 5.73 Å². The maximum atomic E-state index is 5.81. The van der Waals surface area contributed by atoms with Gasteiger partial charge in [-0.15, -0.1) is 11.3 Å². The lowest BCUT2D eigenvalue weighted by atomic mass is 10.2. The Morgan fingerprint density at radius 1 is 1.33 bits per heavy atom. The molecule has 0 radical (unpaired) electrons. The molecule has 3 rings (SSSR count). The summed E-state index contributed by atoms with van der Waals surface area (Å²) in [5, 5.41) is 2.14. The standard InChI is InChI=1S/C14H15BrN2S/c15-13-8-10(16)3-6-14(13)17(11-4-5-11)9-12-2-1-7-18-12/h1-3,6-8,11H,4-5,9,16H2. The van der Waals surface area contributed by atoms with Crippen LogP contribution in [-0.2, 0) is 6.54 Å². The van der Waals surface area contributed by atoms with Crippen molar-refractivity contribution >= 4 is 38.6 Å². The number of nitrogen functional groups attached to an aromatic ring is 1. The van der Waals surface area contributed by atoms with E-state index in [-0.39, 0.29) is 0 Å². The Balaban J connectivity index is 1.89. The van der Waals surface area contributed by atoms with Crippen LogP contribution in [0.15, 0.2) is 40.2 Å². The monoisotopic (exact) mass is 322 g/mol. The van der Waals surface area contributed by atoms with Gasteiger partial charge in [0, 0.05) is 21.1 Å². The Morgan fingerprint density at radius 3 is 2.78 bits per heavy atom. The van der Waals surface area contributed by atoms with Crippen molar-refractivity contribution < 1.29 is 0 Å². The third-order valence-corrected chi connectivity index (χ3v) is 4.67. The zero-order valence-electron chi connectivity index (χ0n) is 9.97. The summed E-state index contributed by atoms with van der Waals surface area (Å²) < 4.78 is 1.09. The minimum absolute atomic E-state index is 0.687. The average Bonchev–Trinajstić information content (AvgIpc) is 3.05. The van der Waals surface area contributed by atoms with Gasteiger partial charge in [-0.05, 0) is 58.4 Å². The highest BCUT2D eigenvalue weighted by atomic mass is 79.9. The summed E-state index contributed by atoms with van der Waals surface area (Å²) in [5.74, 6) is 0. The lowest BCUT2D eigenvalue weighted by molar-refractivity contribution is 0.801. The Kier molecular flexibility index (Phi) is 3.31. The summed E-state index contributed by atoms with van der Waals surface area (Å²) in [6.07, 6.45) is 2.59. The number of nitrogens with two attached hydrogens (primary N) is 1. The quantitative estimate of drug-likeness (QED) is 0.852. The van der Waals surface area contributed by atoms with Crippen LogP contribution in [0.2, 0.25) is 0 Å². The number of anilines is 2. The largest absolute Gasteiger partial charge is 0.399 e. The van der Waals surface area contributed by atoms with Gasteiger partial charge in [0.05, 0.1) is 12.2 Å². The molecule has 0 atom stereocenters. The Hall–Kier alpha value is -1.00. The second kappa shape index (κ2) is 4.94. The first-order chi connectivity index (χ1) is 8.74. The van der Waals surface area contributed by atoms with Crippen LogP contribution in [0, 0.1) is 0 Å². The topological polar surface area (TPSA) is 29.3 Å². The fraction of sp³-hybridized carbons (Fsp3) is 0.286. The van der Waals surface area contributed by atoms with E-state index in [1.54, 1.807) is 0 Å². The summed E-state index contributed by atoms with van der Waals surface area (Å²) in [7, 11) is 0. The minimum Gasteiger partial charge on any atom is -0.399 e. The summed E-state index contributed by atoms with van der Waals surface area (Å²) >= 11 is 5.45. The molecule has 2 nitrogen and oxygen atoms in total. The zero-order chi connectivity index (χ0) is 12.5. The number of halogens is 1. The van der Waals surface area contributed by atoms with Crippen LogP contribution in [0.3, 0.4) is 0 Å². The van der Waals surface area contributed by atoms with Crippen molar-refractivity contribution in [2.45, 2.75) is 25.4 Å². The molecule has 18 heavy (non-hydrogen) atoms. The summed E-state index contributed by atoms with van der Waals surface area (Å²) in [4.78, 5) is 3.89. The van der Waals surface area contributed by atoms with E-state index in [1.165, 1.54) is 23.4 Å². The van der Waals surface area contributed by atoms with E-state index in [9.17, 15) is 0 Å². The van der Waals surface area contributed by atoms with Gasteiger partial charge < -0.3 is 10.6 Å². The van der Waals surface area contributed by atoms with E-state index in [0.29, 0.717) is 6.04 Å². The summed E-state index contributed by atoms with van der Waals surface area (Å²) in [6.45, 7) is 0.991. The van der Waals surface area contributed by atoms with Crippen LogP contribution in [0.4, 0.5) is 11.4 Å². The molecule has 0 bridgehead atoms. The predicted molar refractivity (Wildman–Crippen MR) is 82.1 cm³/mol. The third kappa shape index (κ3) is 2.54. The van der Waals surface area contributed by atoms with Gasteiger partial charge >= 0.3 is 0 Å². The van der Waals surface area contributed by atoms with Gasteiger partial charge in [-0.2, -0.15) is 0 Å². The minimum atomic E-state index is 0.687. The van der Waals surface area contributed by atoms with Crippen molar-refractivity contribution in [1.82, 2.24) is 0 Å². The van der Waals surface area contributed by atoms with Crippen LogP contribution >= 0.6 is 27.3 Å². The predicted octanol–water partition coefficient (Wildman–Crippen LogP) is 4.26. The first kappa shape index (κ1) is 12.1. The SMILES string of the molecule is Nc1ccc(N(Cc2cccs2)C2CC2)c(Br)c1. The van der Waals surface area contributed by atoms with E-state index in [0.717, 1.165) is 16.7 Å². The molecule has 1 aromatic heterocycles. The highest BCUT2D eigenvalue weighted by Crippen LogP contribution is 2.38. The maximum absolute atomic E-state index is 5.81. The van der Waals surface area contributed by atoms with Crippen LogP contribution in [0.5, 0.6) is 0 Å². The van der Waals surface area contributed by atoms with E-state index in [1.807, 2.05) is 23.5 Å². The second-order valence-corrected chi connectivity index (χ2v) is 6.54. The third-order valence-electron chi connectivity index (χ3n) is 3.18. The number of rotatable bonds is 4. The van der Waals surface area contributed by atoms with Crippen molar-refractivity contribution in [2.24, 2.45) is 0 Å². The smallest absolute Gasteiger partial charge is 0.0526 e. The van der Waals surface area contributed by atoms with Crippen LogP contribution in [-0.4, -0.2) is 6.04 Å².